The zero-order valence-electron chi connectivity index (χ0n) is 19.8. The molecule has 0 spiro atoms. The lowest BCUT2D eigenvalue weighted by atomic mass is 9.94. The second-order valence-electron chi connectivity index (χ2n) is 7.65. The van der Waals surface area contributed by atoms with Gasteiger partial charge in [0.1, 0.15) is 17.3 Å². The number of Topliss-reactive ketones (excluding diaryl/α,β-unsaturated/α-hetero) is 1. The molecule has 1 N–H and O–H groups in total. The number of carbonyl (C=O) groups excluding carboxylic acids is 2. The minimum absolute atomic E-state index is 0.0593. The molecule has 1 unspecified atom stereocenters. The third-order valence-electron chi connectivity index (χ3n) is 5.74. The summed E-state index contributed by atoms with van der Waals surface area (Å²) < 4.78 is 21.4. The van der Waals surface area contributed by atoms with E-state index in [9.17, 15) is 14.7 Å². The Balaban J connectivity index is 2.28. The van der Waals surface area contributed by atoms with Crippen molar-refractivity contribution in [1.29, 1.82) is 0 Å². The SMILES string of the molecule is CCCCN1C(=O)C(=O)/C(=C(/O)c2cc(OC)c(Cl)cc2OC)C1c1ccc(OC)c(OC)c1. The molecule has 0 saturated carbocycles. The first kappa shape index (κ1) is 25.2. The normalized spacial score (nSPS) is 17.1. The fraction of sp³-hybridized carbons (Fsp3) is 0.360. The second kappa shape index (κ2) is 10.7. The zero-order chi connectivity index (χ0) is 25.0. The number of rotatable bonds is 9. The molecule has 0 aromatic heterocycles. The van der Waals surface area contributed by atoms with Gasteiger partial charge in [-0.25, -0.2) is 0 Å². The standard InChI is InChI=1S/C25H28ClNO7/c1-6-7-10-27-22(14-8-9-17(31-2)20(11-14)34-5)21(24(29)25(27)30)23(28)15-12-19(33-4)16(26)13-18(15)32-3/h8-9,11-13,22,28H,6-7,10H2,1-5H3/b23-21+. The average Bonchev–Trinajstić information content (AvgIpc) is 3.11. The summed E-state index contributed by atoms with van der Waals surface area (Å²) in [7, 11) is 5.87. The Kier molecular flexibility index (Phi) is 7.94. The molecule has 34 heavy (non-hydrogen) atoms. The minimum Gasteiger partial charge on any atom is -0.507 e. The van der Waals surface area contributed by atoms with Crippen molar-refractivity contribution >= 4 is 29.1 Å². The van der Waals surface area contributed by atoms with E-state index in [1.807, 2.05) is 6.92 Å². The summed E-state index contributed by atoms with van der Waals surface area (Å²) in [6.45, 7) is 2.34. The van der Waals surface area contributed by atoms with Gasteiger partial charge in [-0.3, -0.25) is 9.59 Å². The van der Waals surface area contributed by atoms with Gasteiger partial charge in [-0.15, -0.1) is 0 Å². The number of carbonyl (C=O) groups is 2. The van der Waals surface area contributed by atoms with Gasteiger partial charge in [0.2, 0.25) is 0 Å². The molecule has 1 heterocycles. The third kappa shape index (κ3) is 4.50. The first-order valence-electron chi connectivity index (χ1n) is 10.7. The van der Waals surface area contributed by atoms with E-state index in [1.165, 1.54) is 45.5 Å². The highest BCUT2D eigenvalue weighted by molar-refractivity contribution is 6.46. The smallest absolute Gasteiger partial charge is 0.295 e. The van der Waals surface area contributed by atoms with Crippen molar-refractivity contribution in [2.75, 3.05) is 35.0 Å². The van der Waals surface area contributed by atoms with Crippen LogP contribution >= 0.6 is 11.6 Å². The van der Waals surface area contributed by atoms with Crippen molar-refractivity contribution in [2.45, 2.75) is 25.8 Å². The maximum absolute atomic E-state index is 13.2. The number of halogens is 1. The molecule has 0 bridgehead atoms. The Morgan fingerprint density at radius 1 is 0.941 bits per heavy atom. The van der Waals surface area contributed by atoms with Crippen LogP contribution in [0.4, 0.5) is 0 Å². The van der Waals surface area contributed by atoms with Crippen LogP contribution in [0.1, 0.15) is 36.9 Å². The van der Waals surface area contributed by atoms with Crippen molar-refractivity contribution in [2.24, 2.45) is 0 Å². The molecule has 1 fully saturated rings. The molecule has 1 amide bonds. The number of benzene rings is 2. The molecule has 0 radical (unpaired) electrons. The number of nitrogens with zero attached hydrogens (tertiary/aromatic N) is 1. The van der Waals surface area contributed by atoms with E-state index in [4.69, 9.17) is 30.5 Å². The van der Waals surface area contributed by atoms with E-state index in [-0.39, 0.29) is 33.4 Å². The van der Waals surface area contributed by atoms with Crippen molar-refractivity contribution in [1.82, 2.24) is 4.90 Å². The first-order valence-corrected chi connectivity index (χ1v) is 11.1. The largest absolute Gasteiger partial charge is 0.507 e. The number of unbranched alkanes of at least 4 members (excludes halogenated alkanes) is 1. The summed E-state index contributed by atoms with van der Waals surface area (Å²) in [5, 5.41) is 11.7. The number of ketones is 1. The van der Waals surface area contributed by atoms with Gasteiger partial charge in [-0.2, -0.15) is 0 Å². The molecule has 182 valence electrons. The Morgan fingerprint density at radius 3 is 2.18 bits per heavy atom. The molecular weight excluding hydrogens is 462 g/mol. The number of methoxy groups -OCH3 is 4. The highest BCUT2D eigenvalue weighted by atomic mass is 35.5. The number of amides is 1. The van der Waals surface area contributed by atoms with Gasteiger partial charge < -0.3 is 29.0 Å². The van der Waals surface area contributed by atoms with Gasteiger partial charge in [0.05, 0.1) is 50.6 Å². The van der Waals surface area contributed by atoms with E-state index in [1.54, 1.807) is 18.2 Å². The molecule has 0 aliphatic carbocycles. The van der Waals surface area contributed by atoms with E-state index in [0.717, 1.165) is 6.42 Å². The first-order chi connectivity index (χ1) is 16.3. The predicted molar refractivity (Wildman–Crippen MR) is 128 cm³/mol. The number of hydrogen-bond donors (Lipinski definition) is 1. The lowest BCUT2D eigenvalue weighted by Gasteiger charge is -2.26. The molecule has 3 rings (SSSR count). The van der Waals surface area contributed by atoms with Gasteiger partial charge in [-0.05, 0) is 30.2 Å². The zero-order valence-corrected chi connectivity index (χ0v) is 20.6. The van der Waals surface area contributed by atoms with Gasteiger partial charge in [0.25, 0.3) is 11.7 Å². The number of likely N-dealkylation sites (tertiary alicyclic amines) is 1. The van der Waals surface area contributed by atoms with E-state index in [0.29, 0.717) is 30.0 Å². The number of aliphatic hydroxyl groups excluding tert-OH is 1. The van der Waals surface area contributed by atoms with Crippen molar-refractivity contribution in [3.63, 3.8) is 0 Å². The summed E-state index contributed by atoms with van der Waals surface area (Å²) >= 11 is 6.21. The maximum atomic E-state index is 13.2. The molecule has 1 aliphatic heterocycles. The van der Waals surface area contributed by atoms with E-state index < -0.39 is 17.7 Å². The van der Waals surface area contributed by atoms with Crippen molar-refractivity contribution < 1.29 is 33.6 Å². The Morgan fingerprint density at radius 2 is 1.59 bits per heavy atom. The van der Waals surface area contributed by atoms with Crippen molar-refractivity contribution in [3.8, 4) is 23.0 Å². The maximum Gasteiger partial charge on any atom is 0.295 e. The lowest BCUT2D eigenvalue weighted by Crippen LogP contribution is -2.30. The lowest BCUT2D eigenvalue weighted by molar-refractivity contribution is -0.139. The second-order valence-corrected chi connectivity index (χ2v) is 8.05. The molecule has 2 aromatic rings. The molecule has 1 atom stereocenters. The van der Waals surface area contributed by atoms with Crippen LogP contribution in [0.3, 0.4) is 0 Å². The molecule has 9 heteroatoms. The molecular formula is C25H28ClNO7. The summed E-state index contributed by atoms with van der Waals surface area (Å²) in [5.74, 6) is -0.406. The molecule has 2 aromatic carbocycles. The van der Waals surface area contributed by atoms with Crippen LogP contribution in [0.5, 0.6) is 23.0 Å². The fourth-order valence-corrected chi connectivity index (χ4v) is 4.23. The quantitative estimate of drug-likeness (QED) is 0.312. The molecule has 1 saturated heterocycles. The van der Waals surface area contributed by atoms with Crippen LogP contribution in [-0.4, -0.2) is 56.7 Å². The predicted octanol–water partition coefficient (Wildman–Crippen LogP) is 4.60. The molecule has 1 aliphatic rings. The van der Waals surface area contributed by atoms with Crippen LogP contribution in [0.15, 0.2) is 35.9 Å². The van der Waals surface area contributed by atoms with Gasteiger partial charge in [0, 0.05) is 12.6 Å². The van der Waals surface area contributed by atoms with Crippen LogP contribution < -0.4 is 18.9 Å². The van der Waals surface area contributed by atoms with Gasteiger partial charge >= 0.3 is 0 Å². The Hall–Kier alpha value is -3.39. The van der Waals surface area contributed by atoms with E-state index >= 15 is 0 Å². The average molecular weight is 490 g/mol. The summed E-state index contributed by atoms with van der Waals surface area (Å²) in [6.07, 6.45) is 1.51. The van der Waals surface area contributed by atoms with E-state index in [2.05, 4.69) is 0 Å². The number of hydrogen-bond acceptors (Lipinski definition) is 7. The van der Waals surface area contributed by atoms with Crippen molar-refractivity contribution in [3.05, 3.63) is 52.1 Å². The Bertz CT molecular complexity index is 1130. The summed E-state index contributed by atoms with van der Waals surface area (Å²) in [5.41, 5.74) is 0.716. The minimum atomic E-state index is -0.835. The summed E-state index contributed by atoms with van der Waals surface area (Å²) in [6, 6.07) is 7.25. The summed E-state index contributed by atoms with van der Waals surface area (Å²) in [4.78, 5) is 27.7. The molecule has 8 nitrogen and oxygen atoms in total. The third-order valence-corrected chi connectivity index (χ3v) is 6.04. The van der Waals surface area contributed by atoms with Crippen LogP contribution in [0.25, 0.3) is 5.76 Å². The highest BCUT2D eigenvalue weighted by Crippen LogP contribution is 2.44. The van der Waals surface area contributed by atoms with Crippen LogP contribution in [0, 0.1) is 0 Å². The highest BCUT2D eigenvalue weighted by Gasteiger charge is 2.46. The number of ether oxygens (including phenoxy) is 4. The van der Waals surface area contributed by atoms with Gasteiger partial charge in [0.15, 0.2) is 11.5 Å². The Labute approximate surface area is 203 Å². The van der Waals surface area contributed by atoms with Gasteiger partial charge in [-0.1, -0.05) is 31.0 Å². The monoisotopic (exact) mass is 489 g/mol. The fourth-order valence-electron chi connectivity index (χ4n) is 4.00. The topological polar surface area (TPSA) is 94.5 Å². The van der Waals surface area contributed by atoms with Crippen LogP contribution in [-0.2, 0) is 9.59 Å². The number of aliphatic hydroxyl groups is 1. The van der Waals surface area contributed by atoms with Crippen LogP contribution in [0.2, 0.25) is 5.02 Å².